The zero-order valence-corrected chi connectivity index (χ0v) is 11.6. The Balaban J connectivity index is 2.66. The molecule has 1 unspecified atom stereocenters. The lowest BCUT2D eigenvalue weighted by molar-refractivity contribution is -0.145. The van der Waals surface area contributed by atoms with E-state index in [4.69, 9.17) is 21.1 Å². The summed E-state index contributed by atoms with van der Waals surface area (Å²) in [6, 6.07) is 5.05. The van der Waals surface area contributed by atoms with Gasteiger partial charge in [0, 0.05) is 17.1 Å². The summed E-state index contributed by atoms with van der Waals surface area (Å²) >= 11 is 6.10. The van der Waals surface area contributed by atoms with E-state index in [-0.39, 0.29) is 12.0 Å². The molecule has 100 valence electrons. The molecule has 0 spiro atoms. The number of carbonyl (C=O) groups excluding carboxylic acids is 1. The molecule has 1 aromatic rings. The van der Waals surface area contributed by atoms with Gasteiger partial charge >= 0.3 is 5.97 Å². The summed E-state index contributed by atoms with van der Waals surface area (Å²) in [5, 5.41) is 3.67. The van der Waals surface area contributed by atoms with Crippen LogP contribution in [-0.2, 0) is 16.1 Å². The first kappa shape index (κ1) is 14.8. The minimum Gasteiger partial charge on any atom is -0.496 e. The molecule has 0 bridgehead atoms. The van der Waals surface area contributed by atoms with Gasteiger partial charge in [-0.1, -0.05) is 17.7 Å². The van der Waals surface area contributed by atoms with E-state index in [0.717, 1.165) is 5.56 Å². The molecule has 1 N–H and O–H groups in total. The van der Waals surface area contributed by atoms with Crippen molar-refractivity contribution in [3.8, 4) is 5.75 Å². The highest BCUT2D eigenvalue weighted by Gasteiger charge is 2.15. The lowest BCUT2D eigenvalue weighted by atomic mass is 10.2. The van der Waals surface area contributed by atoms with Gasteiger partial charge in [0.1, 0.15) is 11.8 Å². The molecule has 0 saturated heterocycles. The molecule has 1 rings (SSSR count). The minimum absolute atomic E-state index is 0.275. The van der Waals surface area contributed by atoms with E-state index in [2.05, 4.69) is 5.32 Å². The van der Waals surface area contributed by atoms with Crippen LogP contribution in [0.3, 0.4) is 0 Å². The van der Waals surface area contributed by atoms with Gasteiger partial charge in [-0.25, -0.2) is 0 Å². The predicted octanol–water partition coefficient (Wildman–Crippen LogP) is 2.39. The highest BCUT2D eigenvalue weighted by Crippen LogP contribution is 2.25. The van der Waals surface area contributed by atoms with Gasteiger partial charge in [-0.15, -0.1) is 0 Å². The molecule has 0 radical (unpaired) electrons. The fraction of sp³-hybridized carbons (Fsp3) is 0.462. The third kappa shape index (κ3) is 3.89. The van der Waals surface area contributed by atoms with Crippen LogP contribution in [0.2, 0.25) is 5.02 Å². The van der Waals surface area contributed by atoms with Crippen molar-refractivity contribution >= 4 is 17.6 Å². The minimum atomic E-state index is -0.383. The first-order chi connectivity index (χ1) is 8.60. The molecule has 0 heterocycles. The molecular formula is C13H18ClNO3. The van der Waals surface area contributed by atoms with Crippen molar-refractivity contribution in [3.63, 3.8) is 0 Å². The van der Waals surface area contributed by atoms with E-state index < -0.39 is 0 Å². The Kier molecular flexibility index (Phi) is 5.95. The van der Waals surface area contributed by atoms with Crippen molar-refractivity contribution in [1.82, 2.24) is 5.32 Å². The number of hydrogen-bond donors (Lipinski definition) is 1. The lowest BCUT2D eigenvalue weighted by Crippen LogP contribution is -2.35. The number of methoxy groups -OCH3 is 1. The number of esters is 1. The number of ether oxygens (including phenoxy) is 2. The largest absolute Gasteiger partial charge is 0.496 e. The van der Waals surface area contributed by atoms with Crippen molar-refractivity contribution in [2.24, 2.45) is 0 Å². The van der Waals surface area contributed by atoms with Crippen LogP contribution in [0.4, 0.5) is 0 Å². The molecule has 0 aliphatic rings. The number of carbonyl (C=O) groups is 1. The smallest absolute Gasteiger partial charge is 0.322 e. The number of hydrogen-bond acceptors (Lipinski definition) is 4. The van der Waals surface area contributed by atoms with Crippen LogP contribution in [0.25, 0.3) is 0 Å². The topological polar surface area (TPSA) is 47.6 Å². The Labute approximate surface area is 112 Å². The maximum atomic E-state index is 11.5. The van der Waals surface area contributed by atoms with Gasteiger partial charge in [0.05, 0.1) is 13.7 Å². The van der Waals surface area contributed by atoms with E-state index in [0.29, 0.717) is 23.9 Å². The fourth-order valence-electron chi connectivity index (χ4n) is 1.51. The van der Waals surface area contributed by atoms with Crippen molar-refractivity contribution < 1.29 is 14.3 Å². The first-order valence-electron chi connectivity index (χ1n) is 5.81. The standard InChI is InChI=1S/C13H18ClNO3/c1-4-18-13(16)9(2)15-8-10-11(14)6-5-7-12(10)17-3/h5-7,9,15H,4,8H2,1-3H3. The summed E-state index contributed by atoms with van der Waals surface area (Å²) in [5.41, 5.74) is 0.831. The van der Waals surface area contributed by atoms with E-state index in [1.807, 2.05) is 12.1 Å². The monoisotopic (exact) mass is 271 g/mol. The number of benzene rings is 1. The fourth-order valence-corrected chi connectivity index (χ4v) is 1.74. The molecule has 0 saturated carbocycles. The second-order valence-corrected chi connectivity index (χ2v) is 4.18. The third-order valence-electron chi connectivity index (χ3n) is 2.52. The number of nitrogens with one attached hydrogen (secondary N) is 1. The first-order valence-corrected chi connectivity index (χ1v) is 6.19. The molecule has 4 nitrogen and oxygen atoms in total. The summed E-state index contributed by atoms with van der Waals surface area (Å²) < 4.78 is 10.1. The van der Waals surface area contributed by atoms with E-state index in [1.54, 1.807) is 27.0 Å². The van der Waals surface area contributed by atoms with Crippen LogP contribution in [0.5, 0.6) is 5.75 Å². The predicted molar refractivity (Wildman–Crippen MR) is 70.9 cm³/mol. The maximum Gasteiger partial charge on any atom is 0.322 e. The second-order valence-electron chi connectivity index (χ2n) is 3.78. The highest BCUT2D eigenvalue weighted by atomic mass is 35.5. The van der Waals surface area contributed by atoms with Crippen molar-refractivity contribution in [2.45, 2.75) is 26.4 Å². The summed E-state index contributed by atoms with van der Waals surface area (Å²) in [7, 11) is 1.59. The highest BCUT2D eigenvalue weighted by molar-refractivity contribution is 6.31. The molecular weight excluding hydrogens is 254 g/mol. The molecule has 0 aliphatic heterocycles. The quantitative estimate of drug-likeness (QED) is 0.807. The van der Waals surface area contributed by atoms with Crippen LogP contribution in [-0.4, -0.2) is 25.7 Å². The van der Waals surface area contributed by atoms with E-state index in [1.165, 1.54) is 0 Å². The Hall–Kier alpha value is -1.26. The van der Waals surface area contributed by atoms with Gasteiger partial charge in [0.15, 0.2) is 0 Å². The number of rotatable bonds is 6. The summed E-state index contributed by atoms with van der Waals surface area (Å²) in [6.07, 6.45) is 0. The summed E-state index contributed by atoms with van der Waals surface area (Å²) in [6.45, 7) is 4.35. The Bertz CT molecular complexity index is 409. The van der Waals surface area contributed by atoms with Crippen molar-refractivity contribution in [2.75, 3.05) is 13.7 Å². The van der Waals surface area contributed by atoms with Gasteiger partial charge in [-0.3, -0.25) is 4.79 Å². The Morgan fingerprint density at radius 3 is 2.83 bits per heavy atom. The summed E-state index contributed by atoms with van der Waals surface area (Å²) in [4.78, 5) is 11.5. The van der Waals surface area contributed by atoms with Crippen LogP contribution in [0.1, 0.15) is 19.4 Å². The van der Waals surface area contributed by atoms with Gasteiger partial charge in [-0.2, -0.15) is 0 Å². The van der Waals surface area contributed by atoms with Crippen molar-refractivity contribution in [3.05, 3.63) is 28.8 Å². The zero-order valence-electron chi connectivity index (χ0n) is 10.8. The third-order valence-corrected chi connectivity index (χ3v) is 2.88. The SMILES string of the molecule is CCOC(=O)C(C)NCc1c(Cl)cccc1OC. The van der Waals surface area contributed by atoms with Crippen LogP contribution in [0, 0.1) is 0 Å². The second kappa shape index (κ2) is 7.24. The normalized spacial score (nSPS) is 12.0. The van der Waals surface area contributed by atoms with Crippen LogP contribution >= 0.6 is 11.6 Å². The average Bonchev–Trinajstić information content (AvgIpc) is 2.36. The van der Waals surface area contributed by atoms with Crippen LogP contribution < -0.4 is 10.1 Å². The molecule has 0 aromatic heterocycles. The molecule has 0 amide bonds. The van der Waals surface area contributed by atoms with E-state index >= 15 is 0 Å². The average molecular weight is 272 g/mol. The molecule has 1 atom stereocenters. The zero-order chi connectivity index (χ0) is 13.5. The molecule has 1 aromatic carbocycles. The molecule has 0 aliphatic carbocycles. The molecule has 5 heteroatoms. The molecule has 0 fully saturated rings. The van der Waals surface area contributed by atoms with Gasteiger partial charge < -0.3 is 14.8 Å². The molecule has 18 heavy (non-hydrogen) atoms. The van der Waals surface area contributed by atoms with Gasteiger partial charge in [0.25, 0.3) is 0 Å². The lowest BCUT2D eigenvalue weighted by Gasteiger charge is -2.15. The Morgan fingerprint density at radius 1 is 1.50 bits per heavy atom. The number of halogens is 1. The summed E-state index contributed by atoms with van der Waals surface area (Å²) in [5.74, 6) is 0.426. The van der Waals surface area contributed by atoms with Gasteiger partial charge in [-0.05, 0) is 26.0 Å². The maximum absolute atomic E-state index is 11.5. The van der Waals surface area contributed by atoms with Crippen molar-refractivity contribution in [1.29, 1.82) is 0 Å². The van der Waals surface area contributed by atoms with Crippen LogP contribution in [0.15, 0.2) is 18.2 Å². The van der Waals surface area contributed by atoms with Gasteiger partial charge in [0.2, 0.25) is 0 Å². The van der Waals surface area contributed by atoms with E-state index in [9.17, 15) is 4.79 Å². The Morgan fingerprint density at radius 2 is 2.22 bits per heavy atom.